The Morgan fingerprint density at radius 2 is 1.03 bits per heavy atom. The predicted octanol–water partition coefficient (Wildman–Crippen LogP) is 8.98. The number of benzene rings is 2. The number of nitrogens with one attached hydrogen (secondary N) is 1. The molecule has 16 nitrogen and oxygen atoms in total. The van der Waals surface area contributed by atoms with E-state index < -0.39 is 11.9 Å². The smallest absolute Gasteiger partial charge is 0.354 e. The van der Waals surface area contributed by atoms with E-state index in [1.54, 1.807) is 64.5 Å². The first-order valence-electron chi connectivity index (χ1n) is 19.7. The topological polar surface area (TPSA) is 196 Å². The second kappa shape index (κ2) is 21.9. The highest BCUT2D eigenvalue weighted by atomic mass is 79.9. The summed E-state index contributed by atoms with van der Waals surface area (Å²) >= 11 is 6.74. The first kappa shape index (κ1) is 47.3. The van der Waals surface area contributed by atoms with Crippen LogP contribution in [0.5, 0.6) is 0 Å². The summed E-state index contributed by atoms with van der Waals surface area (Å²) in [4.78, 5) is 73.8. The van der Waals surface area contributed by atoms with Gasteiger partial charge in [-0.05, 0) is 72.8 Å². The predicted molar refractivity (Wildman–Crippen MR) is 249 cm³/mol. The Morgan fingerprint density at radius 1 is 0.523 bits per heavy atom. The van der Waals surface area contributed by atoms with Crippen LogP contribution in [0, 0.1) is 0 Å². The second-order valence-corrected chi connectivity index (χ2v) is 15.6. The molecule has 0 aliphatic heterocycles. The van der Waals surface area contributed by atoms with Gasteiger partial charge < -0.3 is 37.8 Å². The Labute approximate surface area is 389 Å². The summed E-state index contributed by atoms with van der Waals surface area (Å²) in [5.41, 5.74) is 7.59. The summed E-state index contributed by atoms with van der Waals surface area (Å²) in [6.07, 6.45) is 10.4. The van der Waals surface area contributed by atoms with Crippen LogP contribution in [0.25, 0.3) is 55.0 Å². The van der Waals surface area contributed by atoms with Crippen molar-refractivity contribution in [3.63, 3.8) is 0 Å². The number of aromatic nitrogens is 6. The summed E-state index contributed by atoms with van der Waals surface area (Å²) in [6.45, 7) is 0.606. The number of ether oxygens (including phenoxy) is 5. The van der Waals surface area contributed by atoms with Crippen molar-refractivity contribution >= 4 is 94.4 Å². The molecule has 0 atom stereocenters. The van der Waals surface area contributed by atoms with Crippen molar-refractivity contribution in [3.05, 3.63) is 136 Å². The fourth-order valence-electron chi connectivity index (χ4n) is 6.91. The number of nitrogens with zero attached hydrogens (tertiary/aromatic N) is 5. The van der Waals surface area contributed by atoms with Gasteiger partial charge in [0, 0.05) is 62.3 Å². The molecule has 0 unspecified atom stereocenters. The van der Waals surface area contributed by atoms with Crippen LogP contribution in [-0.2, 0) is 46.4 Å². The van der Waals surface area contributed by atoms with E-state index in [-0.39, 0.29) is 37.3 Å². The van der Waals surface area contributed by atoms with Gasteiger partial charge in [0.05, 0.1) is 83.5 Å². The third-order valence-corrected chi connectivity index (χ3v) is 11.4. The Hall–Kier alpha value is -7.18. The van der Waals surface area contributed by atoms with E-state index in [0.29, 0.717) is 23.6 Å². The molecule has 334 valence electrons. The molecule has 8 aromatic rings. The molecule has 18 heteroatoms. The SMILES string of the molecule is COC(=O)CCn1c(C(=O)OC)cc2c(-c3cccc(-c4ccccc4)c3)cncc21.COC(=O)CCn1c(C(=O)OC)cc2c(Br)cncc21.COC(=O)c1cc2c(Br)cncc2[nH]1. The molecule has 0 fully saturated rings. The summed E-state index contributed by atoms with van der Waals surface area (Å²) in [7, 11) is 6.68. The van der Waals surface area contributed by atoms with E-state index in [2.05, 4.69) is 85.5 Å². The average Bonchev–Trinajstić information content (AvgIpc) is 4.07. The maximum absolute atomic E-state index is 12.4. The van der Waals surface area contributed by atoms with Gasteiger partial charge in [0.2, 0.25) is 0 Å². The van der Waals surface area contributed by atoms with E-state index in [4.69, 9.17) is 14.2 Å². The minimum atomic E-state index is -0.468. The number of rotatable bonds is 11. The Kier molecular flexibility index (Phi) is 16.0. The molecule has 0 aliphatic rings. The van der Waals surface area contributed by atoms with E-state index in [9.17, 15) is 24.0 Å². The molecule has 0 spiro atoms. The molecule has 0 bridgehead atoms. The number of pyridine rings is 3. The number of aryl methyl sites for hydroxylation is 2. The number of esters is 5. The molecule has 8 rings (SSSR count). The Balaban J connectivity index is 0.000000176. The maximum atomic E-state index is 12.4. The monoisotopic (exact) mass is 1010 g/mol. The van der Waals surface area contributed by atoms with E-state index >= 15 is 0 Å². The molecule has 0 aliphatic carbocycles. The zero-order valence-corrected chi connectivity index (χ0v) is 39.0. The average molecular weight is 1010 g/mol. The van der Waals surface area contributed by atoms with Gasteiger partial charge in [-0.2, -0.15) is 0 Å². The van der Waals surface area contributed by atoms with Crippen LogP contribution >= 0.6 is 31.9 Å². The molecular formula is C47H42Br2N6O10. The number of hydrogen-bond donors (Lipinski definition) is 1. The van der Waals surface area contributed by atoms with E-state index in [1.165, 1.54) is 35.5 Å². The summed E-state index contributed by atoms with van der Waals surface area (Å²) in [5.74, 6) is -2.00. The lowest BCUT2D eigenvalue weighted by Gasteiger charge is -2.10. The first-order valence-corrected chi connectivity index (χ1v) is 21.3. The summed E-state index contributed by atoms with van der Waals surface area (Å²) < 4.78 is 28.8. The lowest BCUT2D eigenvalue weighted by atomic mass is 9.98. The molecule has 0 amide bonds. The van der Waals surface area contributed by atoms with Crippen molar-refractivity contribution in [1.29, 1.82) is 0 Å². The van der Waals surface area contributed by atoms with Gasteiger partial charge in [-0.15, -0.1) is 0 Å². The molecular weight excluding hydrogens is 968 g/mol. The van der Waals surface area contributed by atoms with Crippen LogP contribution in [0.2, 0.25) is 0 Å². The minimum Gasteiger partial charge on any atom is -0.469 e. The van der Waals surface area contributed by atoms with Gasteiger partial charge in [-0.1, -0.05) is 48.5 Å². The number of methoxy groups -OCH3 is 5. The molecule has 0 radical (unpaired) electrons. The summed E-state index contributed by atoms with van der Waals surface area (Å²) in [6, 6.07) is 23.6. The van der Waals surface area contributed by atoms with E-state index in [1.807, 2.05) is 30.3 Å². The second-order valence-electron chi connectivity index (χ2n) is 13.9. The molecule has 0 saturated heterocycles. The van der Waals surface area contributed by atoms with Crippen molar-refractivity contribution in [1.82, 2.24) is 29.1 Å². The fraction of sp³-hybridized carbons (Fsp3) is 0.191. The molecule has 2 aromatic carbocycles. The van der Waals surface area contributed by atoms with Crippen LogP contribution < -0.4 is 0 Å². The van der Waals surface area contributed by atoms with Gasteiger partial charge in [-0.3, -0.25) is 24.5 Å². The van der Waals surface area contributed by atoms with Gasteiger partial charge >= 0.3 is 29.8 Å². The fourth-order valence-corrected chi connectivity index (χ4v) is 7.79. The van der Waals surface area contributed by atoms with Crippen LogP contribution in [0.15, 0.2) is 119 Å². The molecule has 6 heterocycles. The van der Waals surface area contributed by atoms with Crippen LogP contribution in [0.3, 0.4) is 0 Å². The number of H-pyrrole nitrogens is 1. The molecule has 1 N–H and O–H groups in total. The van der Waals surface area contributed by atoms with Gasteiger partial charge in [0.1, 0.15) is 17.1 Å². The van der Waals surface area contributed by atoms with Crippen LogP contribution in [-0.4, -0.2) is 94.5 Å². The quantitative estimate of drug-likeness (QED) is 0.0953. The number of aromatic amines is 1. The summed E-state index contributed by atoms with van der Waals surface area (Å²) in [5, 5.41) is 2.62. The zero-order chi connectivity index (χ0) is 46.6. The molecule has 6 aromatic heterocycles. The Morgan fingerprint density at radius 3 is 1.60 bits per heavy atom. The van der Waals surface area contributed by atoms with Crippen molar-refractivity contribution in [2.75, 3.05) is 35.5 Å². The van der Waals surface area contributed by atoms with Gasteiger partial charge in [0.15, 0.2) is 0 Å². The van der Waals surface area contributed by atoms with Crippen molar-refractivity contribution in [2.24, 2.45) is 0 Å². The minimum absolute atomic E-state index is 0.137. The highest BCUT2D eigenvalue weighted by Crippen LogP contribution is 2.33. The third-order valence-electron chi connectivity index (χ3n) is 10.1. The van der Waals surface area contributed by atoms with Crippen LogP contribution in [0.4, 0.5) is 0 Å². The number of halogens is 2. The number of carbonyl (C=O) groups is 5. The van der Waals surface area contributed by atoms with Gasteiger partial charge in [0.25, 0.3) is 0 Å². The third kappa shape index (κ3) is 11.0. The molecule has 0 saturated carbocycles. The number of carbonyl (C=O) groups excluding carboxylic acids is 5. The van der Waals surface area contributed by atoms with E-state index in [0.717, 1.165) is 63.9 Å². The first-order chi connectivity index (χ1) is 31.4. The highest BCUT2D eigenvalue weighted by molar-refractivity contribution is 9.11. The Bertz CT molecular complexity index is 3020. The number of hydrogen-bond acceptors (Lipinski definition) is 13. The number of fused-ring (bicyclic) bond motifs is 3. The maximum Gasteiger partial charge on any atom is 0.354 e. The largest absolute Gasteiger partial charge is 0.469 e. The molecule has 65 heavy (non-hydrogen) atoms. The zero-order valence-electron chi connectivity index (χ0n) is 35.8. The van der Waals surface area contributed by atoms with Crippen molar-refractivity contribution < 1.29 is 47.7 Å². The van der Waals surface area contributed by atoms with Crippen molar-refractivity contribution in [3.8, 4) is 22.3 Å². The van der Waals surface area contributed by atoms with Gasteiger partial charge in [-0.25, -0.2) is 14.4 Å². The lowest BCUT2D eigenvalue weighted by molar-refractivity contribution is -0.141. The highest BCUT2D eigenvalue weighted by Gasteiger charge is 2.21. The standard InChI is InChI=1S/C25H22N2O4.C13H13BrN2O4.C9H7BrN2O2/c1-30-24(28)11-12-27-22(25(29)31-2)14-20-21(15-26-16-23(20)27)19-10-6-9-18(13-19)17-7-4-3-5-8-17;1-19-12(17)3-4-16-10(13(18)20-2)5-8-9(14)6-15-7-11(8)16;1-14-9(13)7-2-5-6(10)3-11-4-8(5)12-7/h3-10,13-16H,11-12H2,1-2H3;5-7H,3-4H2,1-2H3;2-4,12H,1H3. The van der Waals surface area contributed by atoms with Crippen LogP contribution in [0.1, 0.15) is 44.3 Å². The normalized spacial score (nSPS) is 10.6. The lowest BCUT2D eigenvalue weighted by Crippen LogP contribution is -2.13. The van der Waals surface area contributed by atoms with Crippen molar-refractivity contribution in [2.45, 2.75) is 25.9 Å².